The maximum absolute atomic E-state index is 5.84. The van der Waals surface area contributed by atoms with Crippen LogP contribution in [0.2, 0.25) is 0 Å². The molecule has 0 saturated heterocycles. The molecule has 68 valence electrons. The molecular weight excluding hydrogens is 164 g/mol. The van der Waals surface area contributed by atoms with Crippen LogP contribution in [-0.2, 0) is 7.05 Å². The Hall–Kier alpha value is -1.71. The lowest BCUT2D eigenvalue weighted by molar-refractivity contribution is 0.801. The van der Waals surface area contributed by atoms with Gasteiger partial charge in [0.1, 0.15) is 0 Å². The van der Waals surface area contributed by atoms with E-state index in [1.54, 1.807) is 4.68 Å². The van der Waals surface area contributed by atoms with Crippen molar-refractivity contribution in [3.63, 3.8) is 0 Å². The van der Waals surface area contributed by atoms with Crippen LogP contribution in [0.1, 0.15) is 0 Å². The summed E-state index contributed by atoms with van der Waals surface area (Å²) in [4.78, 5) is 0. The van der Waals surface area contributed by atoms with Crippen LogP contribution in [0.5, 0.6) is 0 Å². The van der Waals surface area contributed by atoms with E-state index in [0.29, 0.717) is 0 Å². The molecule has 2 rings (SSSR count). The SMILES string of the molecule is CNc1nn(C)c2c(N)cccc12. The zero-order chi connectivity index (χ0) is 9.42. The molecule has 0 atom stereocenters. The van der Waals surface area contributed by atoms with Crippen molar-refractivity contribution >= 4 is 22.4 Å². The monoisotopic (exact) mass is 176 g/mol. The summed E-state index contributed by atoms with van der Waals surface area (Å²) in [5.74, 6) is 0.866. The van der Waals surface area contributed by atoms with Crippen molar-refractivity contribution in [1.29, 1.82) is 0 Å². The molecule has 1 aromatic heterocycles. The summed E-state index contributed by atoms with van der Waals surface area (Å²) in [5.41, 5.74) is 7.57. The van der Waals surface area contributed by atoms with Gasteiger partial charge >= 0.3 is 0 Å². The van der Waals surface area contributed by atoms with Gasteiger partial charge in [0.15, 0.2) is 5.82 Å². The number of aromatic nitrogens is 2. The number of nitrogens with zero attached hydrogens (tertiary/aromatic N) is 2. The van der Waals surface area contributed by atoms with Crippen molar-refractivity contribution in [2.45, 2.75) is 0 Å². The normalized spacial score (nSPS) is 10.6. The minimum atomic E-state index is 0.758. The van der Waals surface area contributed by atoms with E-state index in [9.17, 15) is 0 Å². The van der Waals surface area contributed by atoms with E-state index in [4.69, 9.17) is 5.73 Å². The number of fused-ring (bicyclic) bond motifs is 1. The maximum Gasteiger partial charge on any atom is 0.155 e. The fourth-order valence-electron chi connectivity index (χ4n) is 1.55. The molecule has 0 spiro atoms. The minimum Gasteiger partial charge on any atom is -0.397 e. The third-order valence-corrected chi connectivity index (χ3v) is 2.13. The molecule has 0 aliphatic carbocycles. The van der Waals surface area contributed by atoms with Gasteiger partial charge in [-0.05, 0) is 12.1 Å². The van der Waals surface area contributed by atoms with Gasteiger partial charge < -0.3 is 11.1 Å². The summed E-state index contributed by atoms with van der Waals surface area (Å²) in [6, 6.07) is 5.81. The van der Waals surface area contributed by atoms with Gasteiger partial charge in [0.2, 0.25) is 0 Å². The number of hydrogen-bond acceptors (Lipinski definition) is 3. The minimum absolute atomic E-state index is 0.758. The van der Waals surface area contributed by atoms with Gasteiger partial charge in [-0.15, -0.1) is 0 Å². The highest BCUT2D eigenvalue weighted by Crippen LogP contribution is 2.25. The van der Waals surface area contributed by atoms with Crippen LogP contribution in [0.3, 0.4) is 0 Å². The number of aryl methyl sites for hydroxylation is 1. The van der Waals surface area contributed by atoms with Crippen LogP contribution >= 0.6 is 0 Å². The molecule has 0 aliphatic heterocycles. The predicted octanol–water partition coefficient (Wildman–Crippen LogP) is 1.20. The molecule has 0 aliphatic rings. The average Bonchev–Trinajstić information content (AvgIpc) is 2.44. The number of para-hydroxylation sites is 1. The van der Waals surface area contributed by atoms with Crippen LogP contribution in [0.15, 0.2) is 18.2 Å². The molecule has 0 amide bonds. The van der Waals surface area contributed by atoms with Crippen molar-refractivity contribution in [1.82, 2.24) is 9.78 Å². The first-order valence-electron chi connectivity index (χ1n) is 4.13. The lowest BCUT2D eigenvalue weighted by Gasteiger charge is -1.97. The van der Waals surface area contributed by atoms with Crippen molar-refractivity contribution in [3.05, 3.63) is 18.2 Å². The molecule has 0 radical (unpaired) electrons. The van der Waals surface area contributed by atoms with E-state index in [-0.39, 0.29) is 0 Å². The molecule has 0 fully saturated rings. The van der Waals surface area contributed by atoms with Gasteiger partial charge in [-0.25, -0.2) is 0 Å². The summed E-state index contributed by atoms with van der Waals surface area (Å²) in [6.45, 7) is 0. The Kier molecular flexibility index (Phi) is 1.62. The van der Waals surface area contributed by atoms with Crippen molar-refractivity contribution in [2.75, 3.05) is 18.1 Å². The number of anilines is 2. The second kappa shape index (κ2) is 2.65. The largest absolute Gasteiger partial charge is 0.397 e. The smallest absolute Gasteiger partial charge is 0.155 e. The summed E-state index contributed by atoms with van der Waals surface area (Å²) < 4.78 is 1.79. The summed E-state index contributed by atoms with van der Waals surface area (Å²) in [7, 11) is 3.74. The van der Waals surface area contributed by atoms with Crippen molar-refractivity contribution < 1.29 is 0 Å². The Bertz CT molecular complexity index is 444. The van der Waals surface area contributed by atoms with E-state index >= 15 is 0 Å². The number of nitrogens with two attached hydrogens (primary N) is 1. The standard InChI is InChI=1S/C9H12N4/c1-11-9-6-4-3-5-7(10)8(6)13(2)12-9/h3-5H,10H2,1-2H3,(H,11,12). The molecule has 0 unspecified atom stereocenters. The van der Waals surface area contributed by atoms with Crippen LogP contribution in [0.25, 0.3) is 10.9 Å². The van der Waals surface area contributed by atoms with Gasteiger partial charge in [0.25, 0.3) is 0 Å². The fraction of sp³-hybridized carbons (Fsp3) is 0.222. The van der Waals surface area contributed by atoms with E-state index in [0.717, 1.165) is 22.4 Å². The molecule has 13 heavy (non-hydrogen) atoms. The van der Waals surface area contributed by atoms with E-state index < -0.39 is 0 Å². The van der Waals surface area contributed by atoms with Gasteiger partial charge in [0.05, 0.1) is 11.2 Å². The first-order chi connectivity index (χ1) is 6.24. The highest BCUT2D eigenvalue weighted by Gasteiger charge is 2.08. The Balaban J connectivity index is 2.87. The molecule has 2 aromatic rings. The zero-order valence-electron chi connectivity index (χ0n) is 7.70. The molecule has 3 N–H and O–H groups in total. The van der Waals surface area contributed by atoms with Gasteiger partial charge in [0, 0.05) is 19.5 Å². The van der Waals surface area contributed by atoms with E-state index in [1.807, 2.05) is 32.3 Å². The van der Waals surface area contributed by atoms with Crippen molar-refractivity contribution in [3.8, 4) is 0 Å². The molecule has 4 nitrogen and oxygen atoms in total. The molecule has 0 bridgehead atoms. The highest BCUT2D eigenvalue weighted by molar-refractivity contribution is 5.97. The topological polar surface area (TPSA) is 55.9 Å². The first-order valence-corrected chi connectivity index (χ1v) is 4.13. The lowest BCUT2D eigenvalue weighted by Crippen LogP contribution is -1.94. The Morgan fingerprint density at radius 2 is 2.23 bits per heavy atom. The Morgan fingerprint density at radius 1 is 1.46 bits per heavy atom. The van der Waals surface area contributed by atoms with E-state index in [1.165, 1.54) is 0 Å². The quantitative estimate of drug-likeness (QED) is 0.642. The highest BCUT2D eigenvalue weighted by atomic mass is 15.3. The third kappa shape index (κ3) is 1.02. The van der Waals surface area contributed by atoms with Crippen molar-refractivity contribution in [2.24, 2.45) is 7.05 Å². The summed E-state index contributed by atoms with van der Waals surface area (Å²) >= 11 is 0. The van der Waals surface area contributed by atoms with Crippen LogP contribution in [-0.4, -0.2) is 16.8 Å². The number of nitrogens with one attached hydrogen (secondary N) is 1. The van der Waals surface area contributed by atoms with Gasteiger partial charge in [-0.2, -0.15) is 5.10 Å². The van der Waals surface area contributed by atoms with Crippen LogP contribution in [0, 0.1) is 0 Å². The number of benzene rings is 1. The van der Waals surface area contributed by atoms with E-state index in [2.05, 4.69) is 10.4 Å². The lowest BCUT2D eigenvalue weighted by atomic mass is 10.2. The Labute approximate surface area is 76.3 Å². The third-order valence-electron chi connectivity index (χ3n) is 2.13. The van der Waals surface area contributed by atoms with Gasteiger partial charge in [-0.3, -0.25) is 4.68 Å². The zero-order valence-corrected chi connectivity index (χ0v) is 7.70. The fourth-order valence-corrected chi connectivity index (χ4v) is 1.55. The molecule has 4 heteroatoms. The second-order valence-corrected chi connectivity index (χ2v) is 2.97. The Morgan fingerprint density at radius 3 is 2.92 bits per heavy atom. The van der Waals surface area contributed by atoms with Crippen LogP contribution in [0.4, 0.5) is 11.5 Å². The summed E-state index contributed by atoms with van der Waals surface area (Å²) in [6.07, 6.45) is 0. The van der Waals surface area contributed by atoms with Gasteiger partial charge in [-0.1, -0.05) is 6.07 Å². The maximum atomic E-state index is 5.84. The molecule has 0 saturated carbocycles. The number of nitrogen functional groups attached to an aromatic ring is 1. The number of hydrogen-bond donors (Lipinski definition) is 2. The average molecular weight is 176 g/mol. The summed E-state index contributed by atoms with van der Waals surface area (Å²) in [5, 5.41) is 8.39. The number of rotatable bonds is 1. The first kappa shape index (κ1) is 7.91. The van der Waals surface area contributed by atoms with Crippen LogP contribution < -0.4 is 11.1 Å². The second-order valence-electron chi connectivity index (χ2n) is 2.97. The molecule has 1 heterocycles. The molecule has 1 aromatic carbocycles. The predicted molar refractivity (Wildman–Crippen MR) is 54.7 cm³/mol. The molecular formula is C9H12N4.